The van der Waals surface area contributed by atoms with Gasteiger partial charge >= 0.3 is 0 Å². The predicted molar refractivity (Wildman–Crippen MR) is 80.2 cm³/mol. The molecule has 2 N–H and O–H groups in total. The summed E-state index contributed by atoms with van der Waals surface area (Å²) < 4.78 is 5.38. The first kappa shape index (κ1) is 15.1. The van der Waals surface area contributed by atoms with Gasteiger partial charge in [-0.05, 0) is 37.6 Å². The van der Waals surface area contributed by atoms with E-state index < -0.39 is 5.91 Å². The molecule has 1 aromatic carbocycles. The van der Waals surface area contributed by atoms with Crippen molar-refractivity contribution in [3.05, 3.63) is 50.9 Å². The summed E-state index contributed by atoms with van der Waals surface area (Å²) in [5.74, 6) is 0.131. The standard InChI is InChI=1S/C14H14ClN3O3/c1-3-21-12-6-8(2)11(7-9(12)15)16-14(20)10-4-5-13(19)18-17-10/h4-7H,3H2,1-2H3,(H,16,20)(H,18,19). The van der Waals surface area contributed by atoms with Gasteiger partial charge in [0, 0.05) is 11.8 Å². The first-order valence-electron chi connectivity index (χ1n) is 6.31. The molecule has 0 atom stereocenters. The maximum atomic E-state index is 12.0. The summed E-state index contributed by atoms with van der Waals surface area (Å²) in [5.41, 5.74) is 1.10. The van der Waals surface area contributed by atoms with Crippen LogP contribution in [-0.4, -0.2) is 22.7 Å². The van der Waals surface area contributed by atoms with Crippen LogP contribution in [0.5, 0.6) is 5.75 Å². The first-order chi connectivity index (χ1) is 10.0. The molecule has 2 rings (SSSR count). The Kier molecular flexibility index (Phi) is 4.59. The lowest BCUT2D eigenvalue weighted by Gasteiger charge is -2.12. The zero-order valence-corrected chi connectivity index (χ0v) is 12.3. The number of aryl methyl sites for hydroxylation is 1. The average Bonchev–Trinajstić information content (AvgIpc) is 2.45. The molecule has 110 valence electrons. The number of nitrogens with one attached hydrogen (secondary N) is 2. The van der Waals surface area contributed by atoms with E-state index in [-0.39, 0.29) is 11.3 Å². The van der Waals surface area contributed by atoms with Crippen LogP contribution in [0, 0.1) is 6.92 Å². The van der Waals surface area contributed by atoms with Crippen molar-refractivity contribution < 1.29 is 9.53 Å². The molecule has 7 heteroatoms. The number of H-pyrrole nitrogens is 1. The minimum absolute atomic E-state index is 0.110. The molecule has 0 aliphatic heterocycles. The molecule has 0 aliphatic carbocycles. The number of nitrogens with zero attached hydrogens (tertiary/aromatic N) is 1. The molecule has 2 aromatic rings. The van der Waals surface area contributed by atoms with Gasteiger partial charge in [0.2, 0.25) is 0 Å². The second-order valence-corrected chi connectivity index (χ2v) is 4.70. The molecule has 21 heavy (non-hydrogen) atoms. The van der Waals surface area contributed by atoms with Crippen LogP contribution in [0.1, 0.15) is 23.0 Å². The van der Waals surface area contributed by atoms with E-state index in [0.29, 0.717) is 23.1 Å². The minimum Gasteiger partial charge on any atom is -0.492 e. The van der Waals surface area contributed by atoms with Crippen LogP contribution in [0.2, 0.25) is 5.02 Å². The average molecular weight is 308 g/mol. The summed E-state index contributed by atoms with van der Waals surface area (Å²) in [6.07, 6.45) is 0. The van der Waals surface area contributed by atoms with Gasteiger partial charge in [0.15, 0.2) is 0 Å². The molecule has 0 bridgehead atoms. The van der Waals surface area contributed by atoms with Gasteiger partial charge < -0.3 is 10.1 Å². The molecule has 0 fully saturated rings. The van der Waals surface area contributed by atoms with Crippen molar-refractivity contribution in [3.8, 4) is 5.75 Å². The fraction of sp³-hybridized carbons (Fsp3) is 0.214. The van der Waals surface area contributed by atoms with Crippen molar-refractivity contribution >= 4 is 23.2 Å². The third-order valence-electron chi connectivity index (χ3n) is 2.74. The van der Waals surface area contributed by atoms with Crippen LogP contribution >= 0.6 is 11.6 Å². The Morgan fingerprint density at radius 3 is 2.81 bits per heavy atom. The number of rotatable bonds is 4. The molecule has 6 nitrogen and oxygen atoms in total. The number of ether oxygens (including phenoxy) is 1. The van der Waals surface area contributed by atoms with E-state index in [2.05, 4.69) is 15.5 Å². The molecule has 0 radical (unpaired) electrons. The van der Waals surface area contributed by atoms with Crippen molar-refractivity contribution in [3.63, 3.8) is 0 Å². The second kappa shape index (κ2) is 6.41. The zero-order chi connectivity index (χ0) is 15.4. The highest BCUT2D eigenvalue weighted by molar-refractivity contribution is 6.32. The Hall–Kier alpha value is -2.34. The highest BCUT2D eigenvalue weighted by Crippen LogP contribution is 2.31. The number of carbonyl (C=O) groups is 1. The van der Waals surface area contributed by atoms with Crippen LogP contribution in [0.15, 0.2) is 29.1 Å². The summed E-state index contributed by atoms with van der Waals surface area (Å²) in [4.78, 5) is 22.9. The van der Waals surface area contributed by atoms with E-state index in [1.54, 1.807) is 12.1 Å². The number of hydrogen-bond acceptors (Lipinski definition) is 4. The Bertz CT molecular complexity index is 707. The lowest BCUT2D eigenvalue weighted by atomic mass is 10.2. The monoisotopic (exact) mass is 307 g/mol. The van der Waals surface area contributed by atoms with Gasteiger partial charge in [0.05, 0.1) is 11.6 Å². The molecule has 0 spiro atoms. The number of aromatic nitrogens is 2. The van der Waals surface area contributed by atoms with Crippen LogP contribution < -0.4 is 15.6 Å². The molecule has 1 heterocycles. The smallest absolute Gasteiger partial charge is 0.276 e. The van der Waals surface area contributed by atoms with Gasteiger partial charge in [-0.1, -0.05) is 11.6 Å². The zero-order valence-electron chi connectivity index (χ0n) is 11.6. The fourth-order valence-corrected chi connectivity index (χ4v) is 1.93. The third kappa shape index (κ3) is 3.61. The Balaban J connectivity index is 2.23. The summed E-state index contributed by atoms with van der Waals surface area (Å²) >= 11 is 6.09. The lowest BCUT2D eigenvalue weighted by molar-refractivity contribution is 0.102. The normalized spacial score (nSPS) is 10.2. The molecule has 1 aromatic heterocycles. The highest BCUT2D eigenvalue weighted by Gasteiger charge is 2.12. The topological polar surface area (TPSA) is 84.1 Å². The van der Waals surface area contributed by atoms with Crippen molar-refractivity contribution in [2.45, 2.75) is 13.8 Å². The number of hydrogen-bond donors (Lipinski definition) is 2. The molecule has 0 unspecified atom stereocenters. The van der Waals surface area contributed by atoms with Gasteiger partial charge in [-0.15, -0.1) is 0 Å². The summed E-state index contributed by atoms with van der Waals surface area (Å²) in [6, 6.07) is 5.95. The maximum Gasteiger partial charge on any atom is 0.276 e. The van der Waals surface area contributed by atoms with E-state index in [9.17, 15) is 9.59 Å². The molecule has 0 saturated heterocycles. The first-order valence-corrected chi connectivity index (χ1v) is 6.69. The van der Waals surface area contributed by atoms with Gasteiger partial charge in [-0.3, -0.25) is 9.59 Å². The van der Waals surface area contributed by atoms with E-state index in [1.807, 2.05) is 13.8 Å². The Morgan fingerprint density at radius 1 is 1.43 bits per heavy atom. The SMILES string of the molecule is CCOc1cc(C)c(NC(=O)c2ccc(=O)[nH]n2)cc1Cl. The summed E-state index contributed by atoms with van der Waals surface area (Å²) in [7, 11) is 0. The van der Waals surface area contributed by atoms with Gasteiger partial charge in [0.25, 0.3) is 11.5 Å². The van der Waals surface area contributed by atoms with Crippen LogP contribution in [0.25, 0.3) is 0 Å². The second-order valence-electron chi connectivity index (χ2n) is 4.29. The highest BCUT2D eigenvalue weighted by atomic mass is 35.5. The summed E-state index contributed by atoms with van der Waals surface area (Å²) in [5, 5.41) is 8.97. The van der Waals surface area contributed by atoms with E-state index in [1.165, 1.54) is 12.1 Å². The van der Waals surface area contributed by atoms with Crippen molar-refractivity contribution in [2.75, 3.05) is 11.9 Å². The van der Waals surface area contributed by atoms with Crippen LogP contribution in [0.4, 0.5) is 5.69 Å². The van der Waals surface area contributed by atoms with Gasteiger partial charge in [-0.2, -0.15) is 5.10 Å². The molecule has 0 saturated carbocycles. The number of carbonyl (C=O) groups excluding carboxylic acids is 1. The minimum atomic E-state index is -0.436. The number of benzene rings is 1. The van der Waals surface area contributed by atoms with Crippen LogP contribution in [-0.2, 0) is 0 Å². The summed E-state index contributed by atoms with van der Waals surface area (Å²) in [6.45, 7) is 4.20. The third-order valence-corrected chi connectivity index (χ3v) is 3.03. The van der Waals surface area contributed by atoms with E-state index in [4.69, 9.17) is 16.3 Å². The van der Waals surface area contributed by atoms with Crippen molar-refractivity contribution in [1.29, 1.82) is 0 Å². The predicted octanol–water partition coefficient (Wildman–Crippen LogP) is 2.38. The molecular formula is C14H14ClN3O3. The number of aromatic amines is 1. The van der Waals surface area contributed by atoms with Gasteiger partial charge in [0.1, 0.15) is 11.4 Å². The molecule has 0 aliphatic rings. The number of halogens is 1. The van der Waals surface area contributed by atoms with Gasteiger partial charge in [-0.25, -0.2) is 5.10 Å². The van der Waals surface area contributed by atoms with Crippen LogP contribution in [0.3, 0.4) is 0 Å². The molecular weight excluding hydrogens is 294 g/mol. The molecule has 1 amide bonds. The van der Waals surface area contributed by atoms with Crippen molar-refractivity contribution in [2.24, 2.45) is 0 Å². The van der Waals surface area contributed by atoms with Crippen molar-refractivity contribution in [1.82, 2.24) is 10.2 Å². The Morgan fingerprint density at radius 2 is 2.19 bits per heavy atom. The maximum absolute atomic E-state index is 12.0. The largest absolute Gasteiger partial charge is 0.492 e. The lowest BCUT2D eigenvalue weighted by Crippen LogP contribution is -2.18. The number of amides is 1. The fourth-order valence-electron chi connectivity index (χ4n) is 1.71. The number of anilines is 1. The Labute approximate surface area is 126 Å². The van der Waals surface area contributed by atoms with E-state index in [0.717, 1.165) is 5.56 Å². The quantitative estimate of drug-likeness (QED) is 0.908. The van der Waals surface area contributed by atoms with E-state index >= 15 is 0 Å².